The van der Waals surface area contributed by atoms with Gasteiger partial charge in [-0.15, -0.1) is 0 Å². The maximum Gasteiger partial charge on any atom is 0.226 e. The molecule has 5 heterocycles. The van der Waals surface area contributed by atoms with Crippen molar-refractivity contribution in [2.75, 3.05) is 25.1 Å². The van der Waals surface area contributed by atoms with Crippen molar-refractivity contribution in [1.82, 2.24) is 24.5 Å². The van der Waals surface area contributed by atoms with Gasteiger partial charge in [0.05, 0.1) is 12.9 Å². The first-order valence-corrected chi connectivity index (χ1v) is 12.1. The fourth-order valence-corrected chi connectivity index (χ4v) is 6.46. The van der Waals surface area contributed by atoms with Crippen molar-refractivity contribution in [2.24, 2.45) is 0 Å². The van der Waals surface area contributed by atoms with E-state index in [1.807, 2.05) is 0 Å². The van der Waals surface area contributed by atoms with Gasteiger partial charge in [-0.3, -0.25) is 4.57 Å². The lowest BCUT2D eigenvalue weighted by molar-refractivity contribution is -0.0511. The molecule has 4 atom stereocenters. The smallest absolute Gasteiger partial charge is 0.226 e. The molecule has 4 N–H and O–H groups in total. The molecule has 0 spiro atoms. The summed E-state index contributed by atoms with van der Waals surface area (Å²) in [6, 6.07) is 0. The number of fused-ring (bicyclic) bond motifs is 1. The summed E-state index contributed by atoms with van der Waals surface area (Å²) in [6.45, 7) is 1.35. The van der Waals surface area contributed by atoms with Gasteiger partial charge < -0.3 is 25.5 Å². The van der Waals surface area contributed by atoms with Crippen LogP contribution in [0, 0.1) is 0 Å². The normalized spacial score (nSPS) is 30.6. The highest BCUT2D eigenvalue weighted by molar-refractivity contribution is 8.22. The number of aliphatic hydroxyl groups excluding tert-OH is 3. The highest BCUT2D eigenvalue weighted by Gasteiger charge is 2.44. The lowest BCUT2D eigenvalue weighted by Crippen LogP contribution is -2.39. The van der Waals surface area contributed by atoms with Crippen molar-refractivity contribution in [3.05, 3.63) is 34.6 Å². The van der Waals surface area contributed by atoms with Crippen LogP contribution >= 0.6 is 22.5 Å². The molecule has 3 aliphatic rings. The molecule has 168 valence electrons. The molecule has 2 fully saturated rings. The first-order valence-electron chi connectivity index (χ1n) is 10.2. The first-order chi connectivity index (χ1) is 15.0. The van der Waals surface area contributed by atoms with E-state index < -0.39 is 31.1 Å². The molecule has 0 aromatic carbocycles. The molecule has 0 unspecified atom stereocenters. The predicted octanol–water partition coefficient (Wildman–Crippen LogP) is 0.925. The average molecular weight is 469 g/mol. The van der Waals surface area contributed by atoms with E-state index in [-0.39, 0.29) is 16.2 Å². The van der Waals surface area contributed by atoms with Crippen molar-refractivity contribution in [3.8, 4) is 0 Å². The number of halogens is 1. The van der Waals surface area contributed by atoms with Gasteiger partial charge in [0.15, 0.2) is 23.2 Å². The minimum absolute atomic E-state index is 0.0306. The Balaban J connectivity index is 1.35. The number of piperidine rings is 1. The van der Waals surface area contributed by atoms with E-state index in [0.717, 1.165) is 25.9 Å². The summed E-state index contributed by atoms with van der Waals surface area (Å²) >= 11 is 6.18. The van der Waals surface area contributed by atoms with E-state index in [1.54, 1.807) is 0 Å². The number of thiol groups is 1. The van der Waals surface area contributed by atoms with Crippen LogP contribution in [-0.2, 0) is 4.74 Å². The maximum atomic E-state index is 10.4. The minimum Gasteiger partial charge on any atom is -0.394 e. The average Bonchev–Trinajstić information content (AvgIpc) is 3.50. The highest BCUT2D eigenvalue weighted by Crippen LogP contribution is 2.43. The number of hydrogen-bond donors (Lipinski definition) is 5. The number of nitrogens with zero attached hydrogens (tertiary/aromatic N) is 5. The maximum absolute atomic E-state index is 10.4. The van der Waals surface area contributed by atoms with Crippen LogP contribution in [0.3, 0.4) is 0 Å². The van der Waals surface area contributed by atoms with E-state index in [0.29, 0.717) is 22.2 Å². The van der Waals surface area contributed by atoms with Crippen LogP contribution in [0.4, 0.5) is 5.82 Å². The van der Waals surface area contributed by atoms with Gasteiger partial charge in [-0.1, -0.05) is 12.2 Å². The van der Waals surface area contributed by atoms with Crippen LogP contribution in [0.5, 0.6) is 0 Å². The first kappa shape index (κ1) is 21.1. The number of imidazole rings is 1. The molecule has 10 nitrogen and oxygen atoms in total. The Morgan fingerprint density at radius 1 is 1.16 bits per heavy atom. The molecule has 0 radical (unpaired) electrons. The number of nitrogens with one attached hydrogen (secondary N) is 1. The minimum atomic E-state index is -1.24. The molecule has 0 saturated carbocycles. The van der Waals surface area contributed by atoms with E-state index >= 15 is 0 Å². The molecule has 12 heteroatoms. The Morgan fingerprint density at radius 2 is 1.90 bits per heavy atom. The highest BCUT2D eigenvalue weighted by atomic mass is 35.5. The molecule has 3 aliphatic heterocycles. The fourth-order valence-electron chi connectivity index (χ4n) is 4.28. The summed E-state index contributed by atoms with van der Waals surface area (Å²) in [5, 5.41) is 37.3. The van der Waals surface area contributed by atoms with Gasteiger partial charge in [-0.25, -0.2) is 20.9 Å². The zero-order valence-electron chi connectivity index (χ0n) is 16.6. The molecular weight excluding hydrogens is 444 g/mol. The summed E-state index contributed by atoms with van der Waals surface area (Å²) in [5.41, 5.74) is 4.17. The van der Waals surface area contributed by atoms with Crippen LogP contribution in [0.15, 0.2) is 29.3 Å². The zero-order chi connectivity index (χ0) is 21.5. The van der Waals surface area contributed by atoms with Crippen LogP contribution in [0.1, 0.15) is 19.1 Å². The SMILES string of the molecule is OC[C@H]1O[C@@H](n2cnc3c(NN4CCC([SH]5C=CC=C5)CC4)nc(Cl)nc32)[C@H](O)[C@@H]1O. The van der Waals surface area contributed by atoms with Crippen LogP contribution in [-0.4, -0.2) is 83.1 Å². The number of hydrogen-bond acceptors (Lipinski definition) is 9. The van der Waals surface area contributed by atoms with Crippen molar-refractivity contribution in [1.29, 1.82) is 0 Å². The zero-order valence-corrected chi connectivity index (χ0v) is 18.3. The van der Waals surface area contributed by atoms with Gasteiger partial charge in [0.1, 0.15) is 18.3 Å². The fraction of sp³-hybridized carbons (Fsp3) is 0.526. The van der Waals surface area contributed by atoms with E-state index in [4.69, 9.17) is 16.3 Å². The molecule has 2 saturated heterocycles. The molecule has 5 rings (SSSR count). The van der Waals surface area contributed by atoms with Gasteiger partial charge in [0, 0.05) is 13.1 Å². The summed E-state index contributed by atoms with van der Waals surface area (Å²) in [4.78, 5) is 13.0. The Kier molecular flexibility index (Phi) is 5.90. The molecule has 0 amide bonds. The Hall–Kier alpha value is -1.73. The van der Waals surface area contributed by atoms with Crippen LogP contribution in [0.2, 0.25) is 5.28 Å². The molecule has 2 aromatic heterocycles. The third-order valence-corrected chi connectivity index (χ3v) is 8.52. The molecule has 0 aliphatic carbocycles. The molecule has 0 bridgehead atoms. The number of anilines is 1. The number of aliphatic hydroxyl groups is 3. The number of allylic oxidation sites excluding steroid dienone is 2. The monoisotopic (exact) mass is 468 g/mol. The van der Waals surface area contributed by atoms with Gasteiger partial charge in [0.2, 0.25) is 5.28 Å². The third-order valence-electron chi connectivity index (χ3n) is 5.96. The van der Waals surface area contributed by atoms with Gasteiger partial charge >= 0.3 is 0 Å². The third kappa shape index (κ3) is 3.95. The van der Waals surface area contributed by atoms with E-state index in [2.05, 4.69) is 48.4 Å². The molecular formula is C19H25ClN6O4S. The van der Waals surface area contributed by atoms with Crippen LogP contribution in [0.25, 0.3) is 11.2 Å². The Bertz CT molecular complexity index is 999. The van der Waals surface area contributed by atoms with Crippen molar-refractivity contribution in [3.63, 3.8) is 0 Å². The Labute approximate surface area is 186 Å². The summed E-state index contributed by atoms with van der Waals surface area (Å²) in [7, 11) is -0.144. The van der Waals surface area contributed by atoms with Gasteiger partial charge in [0.25, 0.3) is 0 Å². The van der Waals surface area contributed by atoms with Gasteiger partial charge in [-0.2, -0.15) is 9.97 Å². The molecule has 2 aromatic rings. The van der Waals surface area contributed by atoms with Crippen molar-refractivity contribution < 1.29 is 20.1 Å². The number of rotatable bonds is 5. The lowest BCUT2D eigenvalue weighted by atomic mass is 10.1. The van der Waals surface area contributed by atoms with Gasteiger partial charge in [-0.05, 0) is 40.5 Å². The lowest BCUT2D eigenvalue weighted by Gasteiger charge is -2.35. The summed E-state index contributed by atoms with van der Waals surface area (Å²) in [6.07, 6.45) is 3.64. The topological polar surface area (TPSA) is 129 Å². The standard InChI is InChI=1S/C19H25ClN6O4S/c20-19-22-16(24-25-5-3-11(4-6-25)31-7-1-2-8-31)13-17(23-19)26(10-21-13)18-15(29)14(28)12(9-27)30-18/h1-2,7-8,10-12,14-15,18,27-29,31H,3-6,9H2,(H,22,23,24)/t12-,14-,15-,18-/m1/s1. The van der Waals surface area contributed by atoms with Crippen LogP contribution < -0.4 is 5.43 Å². The Morgan fingerprint density at radius 3 is 2.58 bits per heavy atom. The number of hydrazine groups is 1. The van der Waals surface area contributed by atoms with E-state index in [9.17, 15) is 15.3 Å². The second-order valence-corrected chi connectivity index (χ2v) is 10.4. The second-order valence-electron chi connectivity index (χ2n) is 7.85. The second kappa shape index (κ2) is 8.66. The van der Waals surface area contributed by atoms with Crippen molar-refractivity contribution in [2.45, 2.75) is 42.6 Å². The van der Waals surface area contributed by atoms with Crippen molar-refractivity contribution >= 4 is 39.5 Å². The molecule has 31 heavy (non-hydrogen) atoms. The quantitative estimate of drug-likeness (QED) is 0.321. The number of aromatic nitrogens is 4. The summed E-state index contributed by atoms with van der Waals surface area (Å²) < 4.78 is 7.11. The predicted molar refractivity (Wildman–Crippen MR) is 119 cm³/mol. The van der Waals surface area contributed by atoms with E-state index in [1.165, 1.54) is 10.9 Å². The summed E-state index contributed by atoms with van der Waals surface area (Å²) in [5.74, 6) is 0.477. The number of ether oxygens (including phenoxy) is 1. The largest absolute Gasteiger partial charge is 0.394 e.